The van der Waals surface area contributed by atoms with Gasteiger partial charge in [-0.2, -0.15) is 0 Å². The van der Waals surface area contributed by atoms with Gasteiger partial charge in [0.2, 0.25) is 0 Å². The molecule has 0 atom stereocenters. The zero-order valence-corrected chi connectivity index (χ0v) is 12.5. The number of aryl methyl sites for hydroxylation is 1. The molecule has 1 rings (SSSR count). The third-order valence-corrected chi connectivity index (χ3v) is 3.24. The summed E-state index contributed by atoms with van der Waals surface area (Å²) in [5, 5.41) is 3.24. The standard InChI is InChI=1S/C14H25N3O2/c1-10-6-13(19-5)11(7-12(10)18-4)14(2,3)8-16-9-17-15/h6-7,16-17H,8-9,15H2,1-5H3. The molecular formula is C14H25N3O2. The van der Waals surface area contributed by atoms with Gasteiger partial charge in [0.1, 0.15) is 11.5 Å². The Hall–Kier alpha value is -1.30. The number of methoxy groups -OCH3 is 2. The molecule has 19 heavy (non-hydrogen) atoms. The first-order valence-electron chi connectivity index (χ1n) is 6.33. The van der Waals surface area contributed by atoms with Gasteiger partial charge in [-0.1, -0.05) is 13.8 Å². The van der Waals surface area contributed by atoms with E-state index in [1.165, 1.54) is 0 Å². The van der Waals surface area contributed by atoms with Crippen molar-refractivity contribution < 1.29 is 9.47 Å². The Morgan fingerprint density at radius 2 is 1.79 bits per heavy atom. The summed E-state index contributed by atoms with van der Waals surface area (Å²) in [6.45, 7) is 7.66. The number of hydrogen-bond acceptors (Lipinski definition) is 5. The van der Waals surface area contributed by atoms with Crippen LogP contribution in [-0.2, 0) is 5.41 Å². The number of rotatable bonds is 7. The molecule has 0 aliphatic carbocycles. The molecule has 0 aliphatic rings. The molecule has 5 nitrogen and oxygen atoms in total. The smallest absolute Gasteiger partial charge is 0.123 e. The highest BCUT2D eigenvalue weighted by Crippen LogP contribution is 2.36. The lowest BCUT2D eigenvalue weighted by Gasteiger charge is -2.28. The summed E-state index contributed by atoms with van der Waals surface area (Å²) in [6, 6.07) is 4.06. The molecule has 0 radical (unpaired) electrons. The van der Waals surface area contributed by atoms with Crippen molar-refractivity contribution in [3.8, 4) is 11.5 Å². The zero-order chi connectivity index (χ0) is 14.5. The normalized spacial score (nSPS) is 11.5. The molecule has 1 aromatic carbocycles. The topological polar surface area (TPSA) is 68.5 Å². The molecule has 108 valence electrons. The van der Waals surface area contributed by atoms with E-state index in [1.54, 1.807) is 14.2 Å². The van der Waals surface area contributed by atoms with Crippen LogP contribution < -0.4 is 26.1 Å². The number of nitrogens with two attached hydrogens (primary N) is 1. The maximum Gasteiger partial charge on any atom is 0.123 e. The van der Waals surface area contributed by atoms with Crippen LogP contribution in [0.4, 0.5) is 0 Å². The van der Waals surface area contributed by atoms with E-state index in [1.807, 2.05) is 19.1 Å². The molecule has 0 saturated carbocycles. The number of hydrazine groups is 1. The van der Waals surface area contributed by atoms with Gasteiger partial charge < -0.3 is 14.8 Å². The summed E-state index contributed by atoms with van der Waals surface area (Å²) < 4.78 is 10.9. The first kappa shape index (κ1) is 15.8. The fraction of sp³-hybridized carbons (Fsp3) is 0.571. The van der Waals surface area contributed by atoms with E-state index < -0.39 is 0 Å². The fourth-order valence-electron chi connectivity index (χ4n) is 2.12. The third-order valence-electron chi connectivity index (χ3n) is 3.24. The summed E-state index contributed by atoms with van der Waals surface area (Å²) in [6.07, 6.45) is 0. The molecule has 0 amide bonds. The van der Waals surface area contributed by atoms with Crippen LogP contribution in [0.5, 0.6) is 11.5 Å². The summed E-state index contributed by atoms with van der Waals surface area (Å²) in [5.41, 5.74) is 4.67. The molecule has 0 bridgehead atoms. The van der Waals surface area contributed by atoms with Gasteiger partial charge in [-0.15, -0.1) is 0 Å². The van der Waals surface area contributed by atoms with Gasteiger partial charge in [0.15, 0.2) is 0 Å². The lowest BCUT2D eigenvalue weighted by Crippen LogP contribution is -2.40. The molecular weight excluding hydrogens is 242 g/mol. The van der Waals surface area contributed by atoms with Crippen molar-refractivity contribution in [2.24, 2.45) is 5.84 Å². The number of nitrogens with one attached hydrogen (secondary N) is 2. The van der Waals surface area contributed by atoms with Gasteiger partial charge in [-0.25, -0.2) is 5.43 Å². The quantitative estimate of drug-likeness (QED) is 0.301. The van der Waals surface area contributed by atoms with Crippen LogP contribution in [0.1, 0.15) is 25.0 Å². The molecule has 0 heterocycles. The highest BCUT2D eigenvalue weighted by atomic mass is 16.5. The molecule has 0 aromatic heterocycles. The predicted octanol–water partition coefficient (Wildman–Crippen LogP) is 1.30. The first-order chi connectivity index (χ1) is 8.96. The maximum absolute atomic E-state index is 5.49. The minimum Gasteiger partial charge on any atom is -0.496 e. The summed E-state index contributed by atoms with van der Waals surface area (Å²) >= 11 is 0. The van der Waals surface area contributed by atoms with Crippen molar-refractivity contribution >= 4 is 0 Å². The Balaban J connectivity index is 3.08. The summed E-state index contributed by atoms with van der Waals surface area (Å²) in [7, 11) is 3.37. The Morgan fingerprint density at radius 3 is 2.32 bits per heavy atom. The molecule has 0 saturated heterocycles. The highest BCUT2D eigenvalue weighted by molar-refractivity contribution is 5.49. The van der Waals surface area contributed by atoms with Crippen LogP contribution in [0.15, 0.2) is 12.1 Å². The van der Waals surface area contributed by atoms with Crippen molar-refractivity contribution in [3.63, 3.8) is 0 Å². The molecule has 0 unspecified atom stereocenters. The van der Waals surface area contributed by atoms with E-state index in [2.05, 4.69) is 24.6 Å². The molecule has 5 heteroatoms. The maximum atomic E-state index is 5.49. The van der Waals surface area contributed by atoms with Crippen molar-refractivity contribution in [1.82, 2.24) is 10.7 Å². The van der Waals surface area contributed by atoms with E-state index in [4.69, 9.17) is 15.3 Å². The minimum atomic E-state index is -0.0941. The number of benzene rings is 1. The van der Waals surface area contributed by atoms with Crippen LogP contribution in [-0.4, -0.2) is 27.4 Å². The second-order valence-corrected chi connectivity index (χ2v) is 5.21. The van der Waals surface area contributed by atoms with Gasteiger partial charge in [0.05, 0.1) is 20.9 Å². The van der Waals surface area contributed by atoms with Crippen LogP contribution in [0.3, 0.4) is 0 Å². The second kappa shape index (κ2) is 6.75. The van der Waals surface area contributed by atoms with Crippen molar-refractivity contribution in [2.75, 3.05) is 27.4 Å². The molecule has 1 aromatic rings. The van der Waals surface area contributed by atoms with Crippen LogP contribution in [0.25, 0.3) is 0 Å². The van der Waals surface area contributed by atoms with Crippen molar-refractivity contribution in [1.29, 1.82) is 0 Å². The Bertz CT molecular complexity index is 419. The molecule has 0 aliphatic heterocycles. The molecule has 0 spiro atoms. The van der Waals surface area contributed by atoms with Gasteiger partial charge in [0.25, 0.3) is 0 Å². The average molecular weight is 267 g/mol. The Morgan fingerprint density at radius 1 is 1.16 bits per heavy atom. The number of hydrogen-bond donors (Lipinski definition) is 3. The van der Waals surface area contributed by atoms with E-state index in [-0.39, 0.29) is 5.41 Å². The zero-order valence-electron chi connectivity index (χ0n) is 12.5. The van der Waals surface area contributed by atoms with Crippen LogP contribution in [0.2, 0.25) is 0 Å². The Labute approximate surface area is 115 Å². The monoisotopic (exact) mass is 267 g/mol. The average Bonchev–Trinajstić information content (AvgIpc) is 2.38. The van der Waals surface area contributed by atoms with Crippen LogP contribution >= 0.6 is 0 Å². The number of ether oxygens (including phenoxy) is 2. The molecule has 4 N–H and O–H groups in total. The van der Waals surface area contributed by atoms with Gasteiger partial charge in [-0.05, 0) is 24.6 Å². The SMILES string of the molecule is COc1cc(C(C)(C)CNCNN)c(OC)cc1C. The van der Waals surface area contributed by atoms with E-state index in [0.29, 0.717) is 6.67 Å². The van der Waals surface area contributed by atoms with Gasteiger partial charge in [-0.3, -0.25) is 5.84 Å². The summed E-state index contributed by atoms with van der Waals surface area (Å²) in [4.78, 5) is 0. The second-order valence-electron chi connectivity index (χ2n) is 5.21. The lowest BCUT2D eigenvalue weighted by atomic mass is 9.83. The molecule has 0 fully saturated rings. The lowest BCUT2D eigenvalue weighted by molar-refractivity contribution is 0.374. The van der Waals surface area contributed by atoms with Gasteiger partial charge in [0, 0.05) is 17.5 Å². The van der Waals surface area contributed by atoms with Crippen molar-refractivity contribution in [3.05, 3.63) is 23.3 Å². The summed E-state index contributed by atoms with van der Waals surface area (Å²) in [5.74, 6) is 7.02. The van der Waals surface area contributed by atoms with E-state index in [0.717, 1.165) is 29.2 Å². The van der Waals surface area contributed by atoms with E-state index >= 15 is 0 Å². The largest absolute Gasteiger partial charge is 0.496 e. The van der Waals surface area contributed by atoms with Crippen LogP contribution in [0, 0.1) is 6.92 Å². The predicted molar refractivity (Wildman–Crippen MR) is 77.5 cm³/mol. The minimum absolute atomic E-state index is 0.0941. The highest BCUT2D eigenvalue weighted by Gasteiger charge is 2.25. The van der Waals surface area contributed by atoms with Gasteiger partial charge >= 0.3 is 0 Å². The Kier molecular flexibility index (Phi) is 5.60. The van der Waals surface area contributed by atoms with E-state index in [9.17, 15) is 0 Å². The van der Waals surface area contributed by atoms with Crippen molar-refractivity contribution in [2.45, 2.75) is 26.2 Å². The first-order valence-corrected chi connectivity index (χ1v) is 6.33. The fourth-order valence-corrected chi connectivity index (χ4v) is 2.12. The third kappa shape index (κ3) is 3.83.